The topological polar surface area (TPSA) is 81.6 Å². The fraction of sp³-hybridized carbons (Fsp3) is 0.769. The van der Waals surface area contributed by atoms with Crippen LogP contribution >= 0.6 is 0 Å². The van der Waals surface area contributed by atoms with Crippen molar-refractivity contribution in [1.82, 2.24) is 5.32 Å². The van der Waals surface area contributed by atoms with Crippen LogP contribution in [-0.4, -0.2) is 17.8 Å². The van der Waals surface area contributed by atoms with Crippen LogP contribution < -0.4 is 40.0 Å². The molecule has 0 radical (unpaired) electrons. The normalized spacial score (nSPS) is 23.3. The number of nitrogens with zero attached hydrogens (tertiary/aromatic N) is 1. The van der Waals surface area contributed by atoms with Crippen LogP contribution in [0.25, 0.3) is 0 Å². The molecule has 0 fully saturated rings. The smallest absolute Gasteiger partial charge is 0.846 e. The summed E-state index contributed by atoms with van der Waals surface area (Å²) in [6.45, 7) is 9.62. The van der Waals surface area contributed by atoms with E-state index in [0.717, 1.165) is 12.8 Å². The summed E-state index contributed by atoms with van der Waals surface area (Å²) in [6.07, 6.45) is 2.02. The van der Waals surface area contributed by atoms with E-state index in [4.69, 9.17) is 0 Å². The van der Waals surface area contributed by atoms with Gasteiger partial charge in [0.05, 0.1) is 6.02 Å². The van der Waals surface area contributed by atoms with Crippen molar-refractivity contribution in [3.05, 3.63) is 0 Å². The van der Waals surface area contributed by atoms with E-state index in [2.05, 4.69) is 10.3 Å². The van der Waals surface area contributed by atoms with Gasteiger partial charge in [-0.15, -0.1) is 0 Å². The maximum Gasteiger partial charge on any atom is 1.00 e. The van der Waals surface area contributed by atoms with Gasteiger partial charge < -0.3 is 10.4 Å². The first-order valence-corrected chi connectivity index (χ1v) is 6.60. The Labute approximate surface area is 137 Å². The molecule has 0 saturated heterocycles. The van der Waals surface area contributed by atoms with E-state index in [9.17, 15) is 14.7 Å². The second-order valence-corrected chi connectivity index (χ2v) is 4.19. The third kappa shape index (κ3) is 4.29. The van der Waals surface area contributed by atoms with Crippen LogP contribution in [0.3, 0.4) is 0 Å². The summed E-state index contributed by atoms with van der Waals surface area (Å²) in [6, 6.07) is -0.845. The Morgan fingerprint density at radius 3 is 2.21 bits per heavy atom. The van der Waals surface area contributed by atoms with Crippen LogP contribution in [0.1, 0.15) is 53.9 Å². The monoisotopic (exact) mass is 278 g/mol. The van der Waals surface area contributed by atoms with Gasteiger partial charge in [0, 0.05) is 0 Å². The van der Waals surface area contributed by atoms with Gasteiger partial charge in [0.2, 0.25) is 5.91 Å². The molecule has 1 aliphatic heterocycles. The number of amides is 2. The molecule has 2 amide bonds. The van der Waals surface area contributed by atoms with Crippen molar-refractivity contribution in [1.29, 1.82) is 0 Å². The Morgan fingerprint density at radius 1 is 1.32 bits per heavy atom. The van der Waals surface area contributed by atoms with Gasteiger partial charge in [-0.05, 0) is 18.8 Å². The van der Waals surface area contributed by atoms with E-state index in [1.807, 2.05) is 27.7 Å². The van der Waals surface area contributed by atoms with E-state index in [1.54, 1.807) is 6.92 Å². The van der Waals surface area contributed by atoms with E-state index in [0.29, 0.717) is 6.42 Å². The number of amidine groups is 1. The molecular weight excluding hydrogens is 255 g/mol. The molecule has 0 aromatic rings. The van der Waals surface area contributed by atoms with Gasteiger partial charge in [0.1, 0.15) is 5.41 Å². The summed E-state index contributed by atoms with van der Waals surface area (Å²) in [4.78, 5) is 27.1. The number of carbonyl (C=O) groups excluding carboxylic acids is 2. The van der Waals surface area contributed by atoms with E-state index in [1.165, 1.54) is 0 Å². The fourth-order valence-electron chi connectivity index (χ4n) is 2.30. The van der Waals surface area contributed by atoms with Crippen LogP contribution in [0.2, 0.25) is 0 Å². The quantitative estimate of drug-likeness (QED) is 0.488. The van der Waals surface area contributed by atoms with Crippen molar-refractivity contribution in [2.24, 2.45) is 16.3 Å². The number of hydrogen-bond donors (Lipinski definition) is 1. The second kappa shape index (κ2) is 9.50. The summed E-state index contributed by atoms with van der Waals surface area (Å²) < 4.78 is 0. The Kier molecular flexibility index (Phi) is 10.5. The molecule has 0 saturated carbocycles. The first-order valence-electron chi connectivity index (χ1n) is 6.60. The van der Waals surface area contributed by atoms with Crippen molar-refractivity contribution in [3.8, 4) is 0 Å². The number of carbonyl (C=O) groups is 2. The van der Waals surface area contributed by atoms with Crippen molar-refractivity contribution in [2.75, 3.05) is 0 Å². The molecule has 2 atom stereocenters. The predicted molar refractivity (Wildman–Crippen MR) is 68.7 cm³/mol. The Hall–Kier alpha value is -0.390. The summed E-state index contributed by atoms with van der Waals surface area (Å²) in [5.74, 6) is -1.20. The number of nitrogens with one attached hydrogen (secondary N) is 1. The number of rotatable bonds is 4. The van der Waals surface area contributed by atoms with Crippen molar-refractivity contribution < 1.29 is 44.3 Å². The minimum Gasteiger partial charge on any atom is -0.846 e. The second-order valence-electron chi connectivity index (χ2n) is 4.19. The van der Waals surface area contributed by atoms with Gasteiger partial charge in [-0.2, -0.15) is 0 Å². The molecule has 0 aliphatic carbocycles. The number of aliphatic imine (C=N–C) groups is 1. The van der Waals surface area contributed by atoms with Crippen LogP contribution in [0.15, 0.2) is 4.99 Å². The van der Waals surface area contributed by atoms with Crippen LogP contribution in [-0.2, 0) is 9.59 Å². The third-order valence-corrected chi connectivity index (χ3v) is 3.33. The zero-order valence-electron chi connectivity index (χ0n) is 12.9. The first-order chi connectivity index (χ1) is 8.48. The van der Waals surface area contributed by atoms with Gasteiger partial charge in [-0.1, -0.05) is 41.0 Å². The molecule has 0 aromatic heterocycles. The Bertz CT molecular complexity index is 345. The molecule has 0 aromatic carbocycles. The van der Waals surface area contributed by atoms with Crippen LogP contribution in [0.4, 0.5) is 0 Å². The fourth-order valence-corrected chi connectivity index (χ4v) is 2.30. The molecule has 19 heavy (non-hydrogen) atoms. The first kappa shape index (κ1) is 20.9. The SMILES string of the molecule is CC.CCCC(C)C1(CC)C(=O)N=C([O-])NC1=O.[Na+]. The maximum absolute atomic E-state index is 11.9. The summed E-state index contributed by atoms with van der Waals surface area (Å²) in [7, 11) is 0. The zero-order valence-corrected chi connectivity index (χ0v) is 14.9. The molecule has 0 spiro atoms. The minimum absolute atomic E-state index is 0. The maximum atomic E-state index is 11.9. The van der Waals surface area contributed by atoms with E-state index >= 15 is 0 Å². The van der Waals surface area contributed by atoms with Gasteiger partial charge in [-0.3, -0.25) is 9.59 Å². The van der Waals surface area contributed by atoms with Crippen molar-refractivity contribution in [2.45, 2.75) is 53.9 Å². The molecule has 2 unspecified atom stereocenters. The minimum atomic E-state index is -1.15. The third-order valence-electron chi connectivity index (χ3n) is 3.33. The number of hydrogen-bond acceptors (Lipinski definition) is 3. The van der Waals surface area contributed by atoms with E-state index < -0.39 is 23.3 Å². The molecule has 6 heteroatoms. The molecule has 104 valence electrons. The largest absolute Gasteiger partial charge is 1.00 e. The predicted octanol–water partition coefficient (Wildman–Crippen LogP) is -1.78. The molecule has 0 bridgehead atoms. The van der Waals surface area contributed by atoms with Crippen molar-refractivity contribution >= 4 is 17.8 Å². The van der Waals surface area contributed by atoms with Crippen molar-refractivity contribution in [3.63, 3.8) is 0 Å². The van der Waals surface area contributed by atoms with Gasteiger partial charge in [-0.25, -0.2) is 4.99 Å². The van der Waals surface area contributed by atoms with Gasteiger partial charge in [0.15, 0.2) is 0 Å². The Balaban J connectivity index is 0. The van der Waals surface area contributed by atoms with Gasteiger partial charge >= 0.3 is 29.6 Å². The molecular formula is C13H23N2NaO3. The Morgan fingerprint density at radius 2 is 1.84 bits per heavy atom. The van der Waals surface area contributed by atoms with Crippen LogP contribution in [0, 0.1) is 11.3 Å². The summed E-state index contributed by atoms with van der Waals surface area (Å²) >= 11 is 0. The average Bonchev–Trinajstić information content (AvgIpc) is 2.32. The van der Waals surface area contributed by atoms with Gasteiger partial charge in [0.25, 0.3) is 5.91 Å². The summed E-state index contributed by atoms with van der Waals surface area (Å²) in [5, 5.41) is 13.1. The van der Waals surface area contributed by atoms with E-state index in [-0.39, 0.29) is 35.5 Å². The summed E-state index contributed by atoms with van der Waals surface area (Å²) in [5.41, 5.74) is -1.15. The standard InChI is InChI=1S/C11H18N2O3.C2H6.Na/c1-4-6-7(3)11(5-2)8(14)12-10(16)13-9(11)15;1-2;/h7H,4-6H2,1-3H3,(H2,12,13,14,15,16);1-2H3;/q;;+1/p-1. The molecule has 1 N–H and O–H groups in total. The molecule has 1 rings (SSSR count). The average molecular weight is 278 g/mol. The van der Waals surface area contributed by atoms with Crippen LogP contribution in [0.5, 0.6) is 0 Å². The zero-order chi connectivity index (χ0) is 14.3. The molecule has 5 nitrogen and oxygen atoms in total. The molecule has 1 aliphatic rings. The molecule has 1 heterocycles.